The lowest BCUT2D eigenvalue weighted by Gasteiger charge is -2.20. The van der Waals surface area contributed by atoms with E-state index in [9.17, 15) is 0 Å². The van der Waals surface area contributed by atoms with Crippen molar-refractivity contribution in [3.05, 3.63) is 17.8 Å². The molecule has 0 amide bonds. The van der Waals surface area contributed by atoms with E-state index >= 15 is 0 Å². The first-order valence-corrected chi connectivity index (χ1v) is 7.28. The van der Waals surface area contributed by atoms with Gasteiger partial charge >= 0.3 is 0 Å². The lowest BCUT2D eigenvalue weighted by molar-refractivity contribution is 0.295. The summed E-state index contributed by atoms with van der Waals surface area (Å²) in [6, 6.07) is 4.29. The van der Waals surface area contributed by atoms with E-state index in [2.05, 4.69) is 36.0 Å². The molecule has 0 saturated heterocycles. The summed E-state index contributed by atoms with van der Waals surface area (Å²) in [5.74, 6) is 0.919. The molecule has 4 nitrogen and oxygen atoms in total. The Morgan fingerprint density at radius 3 is 2.58 bits per heavy atom. The van der Waals surface area contributed by atoms with E-state index in [-0.39, 0.29) is 0 Å². The van der Waals surface area contributed by atoms with E-state index in [0.717, 1.165) is 36.7 Å². The number of hydrogen-bond donors (Lipinski definition) is 2. The van der Waals surface area contributed by atoms with E-state index in [4.69, 9.17) is 5.73 Å². The molecule has 0 aliphatic heterocycles. The molecule has 0 aliphatic carbocycles. The van der Waals surface area contributed by atoms with Crippen molar-refractivity contribution in [1.82, 2.24) is 9.88 Å². The number of rotatable bonds is 8. The molecule has 1 rings (SSSR count). The van der Waals surface area contributed by atoms with E-state index in [1.54, 1.807) is 0 Å². The standard InChI is InChI=1S/C15H28N4/c1-5-19(6-2)11-7-8-12(3)17-15-10-9-14(16)13(4)18-15/h9-10,12H,5-8,11,16H2,1-4H3,(H,17,18). The minimum absolute atomic E-state index is 0.436. The first-order valence-electron chi connectivity index (χ1n) is 7.28. The summed E-state index contributed by atoms with van der Waals surface area (Å²) < 4.78 is 0. The topological polar surface area (TPSA) is 54.2 Å². The quantitative estimate of drug-likeness (QED) is 0.758. The molecule has 0 spiro atoms. The molecule has 108 valence electrons. The van der Waals surface area contributed by atoms with Crippen molar-refractivity contribution in [2.75, 3.05) is 30.7 Å². The molecule has 3 N–H and O–H groups in total. The fraction of sp³-hybridized carbons (Fsp3) is 0.667. The van der Waals surface area contributed by atoms with Crippen molar-refractivity contribution in [3.63, 3.8) is 0 Å². The van der Waals surface area contributed by atoms with Gasteiger partial charge < -0.3 is 16.0 Å². The van der Waals surface area contributed by atoms with Gasteiger partial charge in [0.05, 0.1) is 11.4 Å². The first-order chi connectivity index (χ1) is 9.06. The summed E-state index contributed by atoms with van der Waals surface area (Å²) >= 11 is 0. The smallest absolute Gasteiger partial charge is 0.126 e. The second-order valence-electron chi connectivity index (χ2n) is 5.09. The largest absolute Gasteiger partial charge is 0.397 e. The Balaban J connectivity index is 2.34. The second kappa shape index (κ2) is 8.00. The predicted molar refractivity (Wildman–Crippen MR) is 83.5 cm³/mol. The number of nitrogens with one attached hydrogen (secondary N) is 1. The SMILES string of the molecule is CCN(CC)CCCC(C)Nc1ccc(N)c(C)n1. The minimum atomic E-state index is 0.436. The van der Waals surface area contributed by atoms with Gasteiger partial charge in [-0.3, -0.25) is 0 Å². The average molecular weight is 264 g/mol. The molecule has 1 unspecified atom stereocenters. The molecule has 0 aromatic carbocycles. The van der Waals surface area contributed by atoms with Crippen LogP contribution in [0.5, 0.6) is 0 Å². The van der Waals surface area contributed by atoms with Crippen LogP contribution in [0.2, 0.25) is 0 Å². The van der Waals surface area contributed by atoms with Crippen molar-refractivity contribution in [1.29, 1.82) is 0 Å². The van der Waals surface area contributed by atoms with Crippen LogP contribution >= 0.6 is 0 Å². The van der Waals surface area contributed by atoms with Crippen molar-refractivity contribution in [2.24, 2.45) is 0 Å². The van der Waals surface area contributed by atoms with Crippen LogP contribution in [0.3, 0.4) is 0 Å². The summed E-state index contributed by atoms with van der Waals surface area (Å²) in [5, 5.41) is 3.43. The van der Waals surface area contributed by atoms with Gasteiger partial charge in [-0.15, -0.1) is 0 Å². The number of aryl methyl sites for hydroxylation is 1. The maximum atomic E-state index is 5.77. The van der Waals surface area contributed by atoms with Crippen LogP contribution in [0.1, 0.15) is 39.3 Å². The van der Waals surface area contributed by atoms with Crippen LogP contribution < -0.4 is 11.1 Å². The second-order valence-corrected chi connectivity index (χ2v) is 5.09. The zero-order chi connectivity index (χ0) is 14.3. The Bertz CT molecular complexity index is 374. The van der Waals surface area contributed by atoms with Gasteiger partial charge in [-0.05, 0) is 58.5 Å². The number of nitrogen functional groups attached to an aromatic ring is 1. The summed E-state index contributed by atoms with van der Waals surface area (Å²) in [4.78, 5) is 6.90. The third kappa shape index (κ3) is 5.47. The lowest BCUT2D eigenvalue weighted by atomic mass is 10.1. The molecule has 1 aromatic rings. The summed E-state index contributed by atoms with van der Waals surface area (Å²) in [6.07, 6.45) is 2.37. The van der Waals surface area contributed by atoms with Gasteiger partial charge in [0.25, 0.3) is 0 Å². The van der Waals surface area contributed by atoms with E-state index < -0.39 is 0 Å². The van der Waals surface area contributed by atoms with Gasteiger partial charge in [0.1, 0.15) is 5.82 Å². The fourth-order valence-electron chi connectivity index (χ4n) is 2.14. The Kier molecular flexibility index (Phi) is 6.64. The molecule has 4 heteroatoms. The molecular formula is C15H28N4. The zero-order valence-electron chi connectivity index (χ0n) is 12.7. The molecule has 0 saturated carbocycles. The zero-order valence-corrected chi connectivity index (χ0v) is 12.7. The molecule has 19 heavy (non-hydrogen) atoms. The minimum Gasteiger partial charge on any atom is -0.397 e. The van der Waals surface area contributed by atoms with Gasteiger partial charge in [-0.25, -0.2) is 4.98 Å². The molecule has 0 aliphatic rings. The van der Waals surface area contributed by atoms with Crippen molar-refractivity contribution >= 4 is 11.5 Å². The normalized spacial score (nSPS) is 12.7. The Labute approximate surface area is 117 Å². The molecular weight excluding hydrogens is 236 g/mol. The van der Waals surface area contributed by atoms with E-state index in [1.165, 1.54) is 13.0 Å². The van der Waals surface area contributed by atoms with Crippen molar-refractivity contribution in [3.8, 4) is 0 Å². The molecule has 0 radical (unpaired) electrons. The Morgan fingerprint density at radius 2 is 2.00 bits per heavy atom. The van der Waals surface area contributed by atoms with Gasteiger partial charge in [-0.1, -0.05) is 13.8 Å². The summed E-state index contributed by atoms with van der Waals surface area (Å²) in [6.45, 7) is 12.0. The van der Waals surface area contributed by atoms with Crippen molar-refractivity contribution < 1.29 is 0 Å². The van der Waals surface area contributed by atoms with Gasteiger partial charge in [-0.2, -0.15) is 0 Å². The Hall–Kier alpha value is -1.29. The third-order valence-electron chi connectivity index (χ3n) is 3.53. The highest BCUT2D eigenvalue weighted by atomic mass is 15.1. The number of nitrogens with zero attached hydrogens (tertiary/aromatic N) is 2. The maximum absolute atomic E-state index is 5.77. The number of nitrogens with two attached hydrogens (primary N) is 1. The highest BCUT2D eigenvalue weighted by Crippen LogP contribution is 2.13. The molecule has 1 aromatic heterocycles. The van der Waals surface area contributed by atoms with Crippen LogP contribution in [-0.2, 0) is 0 Å². The van der Waals surface area contributed by atoms with Crippen LogP contribution in [-0.4, -0.2) is 35.6 Å². The summed E-state index contributed by atoms with van der Waals surface area (Å²) in [5.41, 5.74) is 7.41. The third-order valence-corrected chi connectivity index (χ3v) is 3.53. The number of anilines is 2. The monoisotopic (exact) mass is 264 g/mol. The first kappa shape index (κ1) is 15.8. The fourth-order valence-corrected chi connectivity index (χ4v) is 2.14. The van der Waals surface area contributed by atoms with E-state index in [1.807, 2.05) is 19.1 Å². The van der Waals surface area contributed by atoms with Gasteiger partial charge in [0.15, 0.2) is 0 Å². The highest BCUT2D eigenvalue weighted by molar-refractivity contribution is 5.49. The lowest BCUT2D eigenvalue weighted by Crippen LogP contribution is -2.25. The van der Waals surface area contributed by atoms with Crippen LogP contribution in [0, 0.1) is 6.92 Å². The van der Waals surface area contributed by atoms with Crippen LogP contribution in [0.4, 0.5) is 11.5 Å². The molecule has 1 heterocycles. The van der Waals surface area contributed by atoms with Gasteiger partial charge in [0.2, 0.25) is 0 Å². The number of hydrogen-bond acceptors (Lipinski definition) is 4. The van der Waals surface area contributed by atoms with Crippen molar-refractivity contribution in [2.45, 2.75) is 46.6 Å². The maximum Gasteiger partial charge on any atom is 0.126 e. The highest BCUT2D eigenvalue weighted by Gasteiger charge is 2.05. The molecule has 0 bridgehead atoms. The average Bonchev–Trinajstić information content (AvgIpc) is 2.39. The predicted octanol–water partition coefficient (Wildman–Crippen LogP) is 2.89. The van der Waals surface area contributed by atoms with Crippen LogP contribution in [0.25, 0.3) is 0 Å². The number of aromatic nitrogens is 1. The van der Waals surface area contributed by atoms with Crippen LogP contribution in [0.15, 0.2) is 12.1 Å². The molecule has 1 atom stereocenters. The summed E-state index contributed by atoms with van der Waals surface area (Å²) in [7, 11) is 0. The molecule has 0 fully saturated rings. The van der Waals surface area contributed by atoms with E-state index in [0.29, 0.717) is 6.04 Å². The van der Waals surface area contributed by atoms with Gasteiger partial charge in [0, 0.05) is 6.04 Å². The number of pyridine rings is 1. The Morgan fingerprint density at radius 1 is 1.32 bits per heavy atom.